The van der Waals surface area contributed by atoms with Crippen molar-refractivity contribution in [3.8, 4) is 11.6 Å². The van der Waals surface area contributed by atoms with Crippen molar-refractivity contribution in [1.82, 2.24) is 25.2 Å². The van der Waals surface area contributed by atoms with E-state index in [0.717, 1.165) is 36.2 Å². The van der Waals surface area contributed by atoms with Crippen LogP contribution < -0.4 is 15.4 Å². The van der Waals surface area contributed by atoms with Crippen molar-refractivity contribution < 1.29 is 4.74 Å². The summed E-state index contributed by atoms with van der Waals surface area (Å²) in [5, 5.41) is 6.81. The Morgan fingerprint density at radius 3 is 2.61 bits per heavy atom. The van der Waals surface area contributed by atoms with Crippen LogP contribution in [0.25, 0.3) is 5.82 Å². The second-order valence-corrected chi connectivity index (χ2v) is 7.83. The van der Waals surface area contributed by atoms with Gasteiger partial charge in [-0.1, -0.05) is 26.0 Å². The van der Waals surface area contributed by atoms with E-state index in [-0.39, 0.29) is 6.04 Å². The Bertz CT molecular complexity index is 950. The highest BCUT2D eigenvalue weighted by atomic mass is 16.5. The van der Waals surface area contributed by atoms with Gasteiger partial charge in [0, 0.05) is 25.1 Å². The van der Waals surface area contributed by atoms with Crippen LogP contribution in [0, 0.1) is 5.92 Å². The zero-order valence-electron chi connectivity index (χ0n) is 18.7. The van der Waals surface area contributed by atoms with Crippen LogP contribution in [0.2, 0.25) is 0 Å². The molecular formula is C24H32N6O. The molecule has 3 aromatic rings. The fraction of sp³-hybridized carbons (Fsp3) is 0.375. The van der Waals surface area contributed by atoms with E-state index in [2.05, 4.69) is 60.4 Å². The minimum atomic E-state index is 0.107. The third-order valence-corrected chi connectivity index (χ3v) is 4.66. The van der Waals surface area contributed by atoms with Crippen LogP contribution in [-0.2, 0) is 6.54 Å². The lowest BCUT2D eigenvalue weighted by Gasteiger charge is -2.19. The largest absolute Gasteiger partial charge is 0.493 e. The number of nitrogens with zero attached hydrogens (tertiary/aromatic N) is 4. The predicted molar refractivity (Wildman–Crippen MR) is 125 cm³/mol. The Morgan fingerprint density at radius 1 is 1.13 bits per heavy atom. The predicted octanol–water partition coefficient (Wildman–Crippen LogP) is 4.12. The number of pyridine rings is 1. The van der Waals surface area contributed by atoms with E-state index in [1.54, 1.807) is 18.7 Å². The Morgan fingerprint density at radius 2 is 1.94 bits per heavy atom. The van der Waals surface area contributed by atoms with Crippen molar-refractivity contribution in [2.45, 2.75) is 40.3 Å². The monoisotopic (exact) mass is 420 g/mol. The molecule has 164 valence electrons. The maximum absolute atomic E-state index is 5.78. The number of benzene rings is 1. The number of hydrogen-bond acceptors (Lipinski definition) is 4. The van der Waals surface area contributed by atoms with Crippen molar-refractivity contribution in [3.63, 3.8) is 0 Å². The molecule has 7 nitrogen and oxygen atoms in total. The molecule has 3 rings (SSSR count). The second kappa shape index (κ2) is 11.2. The highest BCUT2D eigenvalue weighted by molar-refractivity contribution is 5.80. The standard InChI is InChI=1S/C24H32N6O/c1-5-26-24(28-15-20-10-11-27-23(14-20)30-13-12-25-17-30)29-19(4)21-6-8-22(9-7-21)31-16-18(2)3/h6-14,17-19H,5,15-16H2,1-4H3,(H2,26,28,29). The van der Waals surface area contributed by atoms with E-state index in [1.165, 1.54) is 5.56 Å². The Balaban J connectivity index is 1.63. The molecule has 0 aliphatic carbocycles. The molecule has 0 spiro atoms. The molecule has 0 fully saturated rings. The Kier molecular flexibility index (Phi) is 8.04. The van der Waals surface area contributed by atoms with Crippen LogP contribution in [-0.4, -0.2) is 33.6 Å². The smallest absolute Gasteiger partial charge is 0.192 e. The second-order valence-electron chi connectivity index (χ2n) is 7.83. The normalized spacial score (nSPS) is 12.6. The van der Waals surface area contributed by atoms with E-state index in [4.69, 9.17) is 9.73 Å². The van der Waals surface area contributed by atoms with Gasteiger partial charge >= 0.3 is 0 Å². The molecule has 0 amide bonds. The van der Waals surface area contributed by atoms with Gasteiger partial charge < -0.3 is 15.4 Å². The number of nitrogens with one attached hydrogen (secondary N) is 2. The van der Waals surface area contributed by atoms with Crippen LogP contribution in [0.1, 0.15) is 44.9 Å². The fourth-order valence-corrected chi connectivity index (χ4v) is 2.99. The lowest BCUT2D eigenvalue weighted by Crippen LogP contribution is -2.38. The van der Waals surface area contributed by atoms with Gasteiger partial charge in [0.2, 0.25) is 0 Å². The molecule has 0 aliphatic heterocycles. The van der Waals surface area contributed by atoms with Crippen molar-refractivity contribution in [2.24, 2.45) is 10.9 Å². The van der Waals surface area contributed by atoms with Gasteiger partial charge in [0.1, 0.15) is 17.9 Å². The maximum atomic E-state index is 5.78. The summed E-state index contributed by atoms with van der Waals surface area (Å²) in [6, 6.07) is 12.3. The molecule has 1 atom stereocenters. The topological polar surface area (TPSA) is 76.4 Å². The minimum absolute atomic E-state index is 0.107. The highest BCUT2D eigenvalue weighted by Crippen LogP contribution is 2.18. The number of guanidine groups is 1. The van der Waals surface area contributed by atoms with E-state index in [9.17, 15) is 0 Å². The van der Waals surface area contributed by atoms with E-state index in [1.807, 2.05) is 35.0 Å². The molecule has 1 aromatic carbocycles. The number of hydrogen-bond donors (Lipinski definition) is 2. The summed E-state index contributed by atoms with van der Waals surface area (Å²) in [5.74, 6) is 3.01. The van der Waals surface area contributed by atoms with Gasteiger partial charge in [0.25, 0.3) is 0 Å². The van der Waals surface area contributed by atoms with Crippen LogP contribution in [0.5, 0.6) is 5.75 Å². The van der Waals surface area contributed by atoms with E-state index < -0.39 is 0 Å². The number of aromatic nitrogens is 3. The molecule has 2 heterocycles. The van der Waals surface area contributed by atoms with Gasteiger partial charge in [-0.15, -0.1) is 0 Å². The van der Waals surface area contributed by atoms with Crippen molar-refractivity contribution >= 4 is 5.96 Å². The number of imidazole rings is 1. The summed E-state index contributed by atoms with van der Waals surface area (Å²) in [7, 11) is 0. The summed E-state index contributed by atoms with van der Waals surface area (Å²) in [5.41, 5.74) is 2.25. The van der Waals surface area contributed by atoms with Gasteiger partial charge in [-0.3, -0.25) is 4.57 Å². The number of ether oxygens (including phenoxy) is 1. The van der Waals surface area contributed by atoms with Gasteiger partial charge in [-0.25, -0.2) is 15.0 Å². The number of rotatable bonds is 9. The molecule has 0 bridgehead atoms. The van der Waals surface area contributed by atoms with Gasteiger partial charge in [0.15, 0.2) is 5.96 Å². The summed E-state index contributed by atoms with van der Waals surface area (Å²) in [6.07, 6.45) is 7.15. The minimum Gasteiger partial charge on any atom is -0.493 e. The Labute approximate surface area is 184 Å². The molecule has 7 heteroatoms. The molecule has 2 N–H and O–H groups in total. The first kappa shape index (κ1) is 22.3. The lowest BCUT2D eigenvalue weighted by molar-refractivity contribution is 0.271. The van der Waals surface area contributed by atoms with Crippen molar-refractivity contribution in [3.05, 3.63) is 72.4 Å². The van der Waals surface area contributed by atoms with E-state index >= 15 is 0 Å². The van der Waals surface area contributed by atoms with Crippen LogP contribution in [0.15, 0.2) is 66.3 Å². The summed E-state index contributed by atoms with van der Waals surface area (Å²) in [6.45, 7) is 10.5. The summed E-state index contributed by atoms with van der Waals surface area (Å²) >= 11 is 0. The summed E-state index contributed by atoms with van der Waals surface area (Å²) in [4.78, 5) is 13.2. The first-order chi connectivity index (χ1) is 15.0. The van der Waals surface area contributed by atoms with Gasteiger partial charge in [-0.2, -0.15) is 0 Å². The molecule has 2 aromatic heterocycles. The van der Waals surface area contributed by atoms with E-state index in [0.29, 0.717) is 12.5 Å². The maximum Gasteiger partial charge on any atom is 0.192 e. The third-order valence-electron chi connectivity index (χ3n) is 4.66. The average molecular weight is 421 g/mol. The zero-order valence-corrected chi connectivity index (χ0v) is 18.7. The molecule has 0 aliphatic rings. The molecule has 1 unspecified atom stereocenters. The van der Waals surface area contributed by atoms with Crippen molar-refractivity contribution in [2.75, 3.05) is 13.2 Å². The molecule has 31 heavy (non-hydrogen) atoms. The lowest BCUT2D eigenvalue weighted by atomic mass is 10.1. The first-order valence-corrected chi connectivity index (χ1v) is 10.8. The SMILES string of the molecule is CCNC(=NCc1ccnc(-n2ccnc2)c1)NC(C)c1ccc(OCC(C)C)cc1. The van der Waals surface area contributed by atoms with Crippen molar-refractivity contribution in [1.29, 1.82) is 0 Å². The fourth-order valence-electron chi connectivity index (χ4n) is 2.99. The molecule has 0 saturated carbocycles. The van der Waals surface area contributed by atoms with Gasteiger partial charge in [-0.05, 0) is 55.2 Å². The molecule has 0 saturated heterocycles. The summed E-state index contributed by atoms with van der Waals surface area (Å²) < 4.78 is 7.66. The number of aliphatic imine (C=N–C) groups is 1. The van der Waals surface area contributed by atoms with Crippen LogP contribution in [0.4, 0.5) is 0 Å². The first-order valence-electron chi connectivity index (χ1n) is 10.8. The third kappa shape index (κ3) is 6.84. The van der Waals surface area contributed by atoms with Crippen LogP contribution >= 0.6 is 0 Å². The molecular weight excluding hydrogens is 388 g/mol. The quantitative estimate of drug-likeness (QED) is 0.402. The van der Waals surface area contributed by atoms with Gasteiger partial charge in [0.05, 0.1) is 19.2 Å². The molecule has 0 radical (unpaired) electrons. The zero-order chi connectivity index (χ0) is 22.1. The highest BCUT2D eigenvalue weighted by Gasteiger charge is 2.09. The van der Waals surface area contributed by atoms with Crippen LogP contribution in [0.3, 0.4) is 0 Å². The Hall–Kier alpha value is -3.35. The average Bonchev–Trinajstić information content (AvgIpc) is 3.32.